The maximum absolute atomic E-state index is 13.7. The van der Waals surface area contributed by atoms with Gasteiger partial charge in [0.25, 0.3) is 0 Å². The van der Waals surface area contributed by atoms with Crippen LogP contribution in [-0.4, -0.2) is 18.2 Å². The highest BCUT2D eigenvalue weighted by Crippen LogP contribution is 2.57. The number of hydrogen-bond donors (Lipinski definition) is 0. The summed E-state index contributed by atoms with van der Waals surface area (Å²) in [5.41, 5.74) is 2.75. The largest absolute Gasteiger partial charge is 0.464 e. The molecular formula is C24H28O3. The first-order valence-electron chi connectivity index (χ1n) is 9.82. The van der Waals surface area contributed by atoms with Crippen molar-refractivity contribution in [1.29, 1.82) is 0 Å². The molecule has 0 aliphatic carbocycles. The Bertz CT molecular complexity index is 853. The Morgan fingerprint density at radius 1 is 1.07 bits per heavy atom. The molecule has 4 atom stereocenters. The van der Waals surface area contributed by atoms with Crippen molar-refractivity contribution < 1.29 is 14.3 Å². The number of aryl methyl sites for hydroxylation is 1. The molecule has 0 aromatic heterocycles. The molecule has 2 bridgehead atoms. The van der Waals surface area contributed by atoms with Crippen LogP contribution in [0.15, 0.2) is 48.5 Å². The van der Waals surface area contributed by atoms with Crippen LogP contribution in [0.25, 0.3) is 0 Å². The lowest BCUT2D eigenvalue weighted by Crippen LogP contribution is -2.59. The van der Waals surface area contributed by atoms with Gasteiger partial charge >= 0.3 is 0 Å². The number of Topliss-reactive ketones (excluding diaryl/α,β-unsaturated/α-hetero) is 1. The van der Waals surface area contributed by atoms with E-state index in [1.165, 1.54) is 0 Å². The monoisotopic (exact) mass is 364 g/mol. The third-order valence-electron chi connectivity index (χ3n) is 6.16. The minimum atomic E-state index is -0.343. The van der Waals surface area contributed by atoms with Gasteiger partial charge in [-0.15, -0.1) is 0 Å². The van der Waals surface area contributed by atoms with Gasteiger partial charge in [-0.05, 0) is 30.0 Å². The lowest BCUT2D eigenvalue weighted by molar-refractivity contribution is -0.249. The van der Waals surface area contributed by atoms with Gasteiger partial charge in [-0.2, -0.15) is 0 Å². The van der Waals surface area contributed by atoms with Crippen LogP contribution in [0, 0.1) is 24.2 Å². The maximum atomic E-state index is 13.7. The average molecular weight is 364 g/mol. The third-order valence-corrected chi connectivity index (χ3v) is 6.16. The molecule has 27 heavy (non-hydrogen) atoms. The number of ketones is 1. The molecule has 0 radical (unpaired) electrons. The minimum Gasteiger partial charge on any atom is -0.464 e. The Labute approximate surface area is 161 Å². The number of rotatable bonds is 3. The molecular weight excluding hydrogens is 336 g/mol. The van der Waals surface area contributed by atoms with Crippen molar-refractivity contribution in [2.45, 2.75) is 52.9 Å². The van der Waals surface area contributed by atoms with Gasteiger partial charge < -0.3 is 9.47 Å². The molecule has 2 aromatic carbocycles. The summed E-state index contributed by atoms with van der Waals surface area (Å²) in [5, 5.41) is 0. The number of benzene rings is 2. The fourth-order valence-corrected chi connectivity index (χ4v) is 4.76. The van der Waals surface area contributed by atoms with E-state index in [0.717, 1.165) is 22.4 Å². The summed E-state index contributed by atoms with van der Waals surface area (Å²) in [6.45, 7) is 10.6. The first kappa shape index (κ1) is 18.2. The second-order valence-corrected chi connectivity index (χ2v) is 8.89. The molecule has 2 aliphatic rings. The van der Waals surface area contributed by atoms with Crippen molar-refractivity contribution in [3.05, 3.63) is 65.2 Å². The van der Waals surface area contributed by atoms with Crippen molar-refractivity contribution in [1.82, 2.24) is 0 Å². The van der Waals surface area contributed by atoms with E-state index in [-0.39, 0.29) is 41.3 Å². The molecule has 142 valence electrons. The van der Waals surface area contributed by atoms with Gasteiger partial charge in [0, 0.05) is 16.9 Å². The number of hydrogen-bond acceptors (Lipinski definition) is 3. The quantitative estimate of drug-likeness (QED) is 0.686. The Morgan fingerprint density at radius 3 is 2.44 bits per heavy atom. The van der Waals surface area contributed by atoms with Crippen LogP contribution < -0.4 is 4.74 Å². The fourth-order valence-electron chi connectivity index (χ4n) is 4.76. The highest BCUT2D eigenvalue weighted by molar-refractivity contribution is 5.99. The molecule has 2 aromatic rings. The molecule has 4 rings (SSSR count). The van der Waals surface area contributed by atoms with Crippen molar-refractivity contribution in [2.24, 2.45) is 17.3 Å². The van der Waals surface area contributed by atoms with Crippen molar-refractivity contribution in [3.8, 4) is 5.75 Å². The molecule has 3 heteroatoms. The molecule has 0 saturated carbocycles. The van der Waals surface area contributed by atoms with Gasteiger partial charge in [-0.1, -0.05) is 70.2 Å². The van der Waals surface area contributed by atoms with E-state index in [0.29, 0.717) is 0 Å². The van der Waals surface area contributed by atoms with Crippen molar-refractivity contribution >= 4 is 5.78 Å². The van der Waals surface area contributed by atoms with E-state index < -0.39 is 0 Å². The third kappa shape index (κ3) is 2.89. The number of ether oxygens (including phenoxy) is 2. The highest BCUT2D eigenvalue weighted by Gasteiger charge is 2.58. The second kappa shape index (κ2) is 6.49. The van der Waals surface area contributed by atoms with Crippen LogP contribution in [0.2, 0.25) is 0 Å². The van der Waals surface area contributed by atoms with E-state index in [1.54, 1.807) is 0 Å². The zero-order chi connectivity index (χ0) is 19.3. The highest BCUT2D eigenvalue weighted by atomic mass is 16.7. The summed E-state index contributed by atoms with van der Waals surface area (Å²) >= 11 is 0. The lowest BCUT2D eigenvalue weighted by atomic mass is 9.60. The standard InChI is InChI=1S/C24H28O3/c1-14(2)22-19(21(25)16-9-7-6-8-10-16)20-17-12-11-15(3)13-18(17)26-23(27-22)24(20,4)5/h6-14,19-20,22-23H,1-5H3/t19-,20-,22-,23+/m0/s1. The summed E-state index contributed by atoms with van der Waals surface area (Å²) in [4.78, 5) is 13.7. The van der Waals surface area contributed by atoms with Crippen LogP contribution in [0.3, 0.4) is 0 Å². The molecule has 2 heterocycles. The fraction of sp³-hybridized carbons (Fsp3) is 0.458. The first-order valence-corrected chi connectivity index (χ1v) is 9.82. The molecule has 0 unspecified atom stereocenters. The predicted octanol–water partition coefficient (Wildman–Crippen LogP) is 5.38. The van der Waals surface area contributed by atoms with Gasteiger partial charge in [0.15, 0.2) is 5.78 Å². The van der Waals surface area contributed by atoms with Gasteiger partial charge in [0.2, 0.25) is 6.29 Å². The van der Waals surface area contributed by atoms with Crippen molar-refractivity contribution in [2.75, 3.05) is 0 Å². The zero-order valence-electron chi connectivity index (χ0n) is 16.7. The minimum absolute atomic E-state index is 0.0562. The van der Waals surface area contributed by atoms with Gasteiger partial charge in [-0.25, -0.2) is 0 Å². The lowest BCUT2D eigenvalue weighted by Gasteiger charge is -2.55. The smallest absolute Gasteiger partial charge is 0.205 e. The molecule has 1 saturated heterocycles. The van der Waals surface area contributed by atoms with E-state index in [4.69, 9.17) is 9.47 Å². The Kier molecular flexibility index (Phi) is 4.38. The van der Waals surface area contributed by atoms with Crippen LogP contribution in [0.1, 0.15) is 55.1 Å². The Balaban J connectivity index is 1.88. The number of carbonyl (C=O) groups is 1. The first-order chi connectivity index (χ1) is 12.8. The molecule has 0 N–H and O–H groups in total. The van der Waals surface area contributed by atoms with Gasteiger partial charge in [0.05, 0.1) is 12.0 Å². The summed E-state index contributed by atoms with van der Waals surface area (Å²) in [5.74, 6) is 1.07. The second-order valence-electron chi connectivity index (χ2n) is 8.89. The maximum Gasteiger partial charge on any atom is 0.205 e. The predicted molar refractivity (Wildman–Crippen MR) is 106 cm³/mol. The van der Waals surface area contributed by atoms with Crippen LogP contribution in [0.4, 0.5) is 0 Å². The van der Waals surface area contributed by atoms with Crippen LogP contribution in [0.5, 0.6) is 5.75 Å². The SMILES string of the molecule is Cc1ccc2c(c1)O[C@@H]1O[C@@H](C(C)C)[C@H](C(=O)c3ccccc3)[C@H]2C1(C)C. The average Bonchev–Trinajstić information content (AvgIpc) is 2.61. The van der Waals surface area contributed by atoms with E-state index >= 15 is 0 Å². The van der Waals surface area contributed by atoms with Crippen molar-refractivity contribution in [3.63, 3.8) is 0 Å². The molecule has 0 spiro atoms. The molecule has 3 nitrogen and oxygen atoms in total. The topological polar surface area (TPSA) is 35.5 Å². The normalized spacial score (nSPS) is 28.4. The summed E-state index contributed by atoms with van der Waals surface area (Å²) in [6, 6.07) is 15.9. The van der Waals surface area contributed by atoms with Crippen LogP contribution in [-0.2, 0) is 4.74 Å². The van der Waals surface area contributed by atoms with E-state index in [9.17, 15) is 4.79 Å². The van der Waals surface area contributed by atoms with E-state index in [1.807, 2.05) is 30.3 Å². The summed E-state index contributed by atoms with van der Waals surface area (Å²) < 4.78 is 12.7. The number of fused-ring (bicyclic) bond motifs is 4. The molecule has 1 fully saturated rings. The summed E-state index contributed by atoms with van der Waals surface area (Å²) in [6.07, 6.45) is -0.515. The van der Waals surface area contributed by atoms with Gasteiger partial charge in [0.1, 0.15) is 5.75 Å². The van der Waals surface area contributed by atoms with Crippen LogP contribution >= 0.6 is 0 Å². The zero-order valence-corrected chi connectivity index (χ0v) is 16.7. The van der Waals surface area contributed by atoms with Gasteiger partial charge in [-0.3, -0.25) is 4.79 Å². The molecule has 0 amide bonds. The van der Waals surface area contributed by atoms with E-state index in [2.05, 4.69) is 52.8 Å². The Morgan fingerprint density at radius 2 is 1.78 bits per heavy atom. The summed E-state index contributed by atoms with van der Waals surface area (Å²) in [7, 11) is 0. The molecule has 2 aliphatic heterocycles. The number of carbonyl (C=O) groups excluding carboxylic acids is 1. The Hall–Kier alpha value is -2.13.